The Morgan fingerprint density at radius 1 is 1.19 bits per heavy atom. The molecule has 2 aromatic carbocycles. The van der Waals surface area contributed by atoms with Crippen LogP contribution in [0.1, 0.15) is 24.4 Å². The van der Waals surface area contributed by atoms with E-state index in [-0.39, 0.29) is 23.9 Å². The molecule has 3 heterocycles. The number of rotatable bonds is 5. The van der Waals surface area contributed by atoms with Gasteiger partial charge in [0.1, 0.15) is 11.1 Å². The van der Waals surface area contributed by atoms with Crippen LogP contribution in [0.3, 0.4) is 0 Å². The van der Waals surface area contributed by atoms with Gasteiger partial charge in [0, 0.05) is 18.7 Å². The Balaban J connectivity index is 1.44. The Morgan fingerprint density at radius 2 is 2.00 bits per heavy atom. The molecule has 0 saturated carbocycles. The molecule has 160 valence electrons. The fourth-order valence-corrected chi connectivity index (χ4v) is 4.97. The van der Waals surface area contributed by atoms with Crippen molar-refractivity contribution in [2.45, 2.75) is 35.4 Å². The van der Waals surface area contributed by atoms with E-state index in [1.54, 1.807) is 16.8 Å². The van der Waals surface area contributed by atoms with Crippen molar-refractivity contribution in [2.75, 3.05) is 18.6 Å². The average Bonchev–Trinajstić information content (AvgIpc) is 3.47. The summed E-state index contributed by atoms with van der Waals surface area (Å²) < 4.78 is 21.0. The SMILES string of the molecule is O=C(NC[C@@H]1CCCO1)[C@@H]1Sc2nnc(-c3ccccc3)n2N[C@@H]1c1ccc(F)cc1. The highest BCUT2D eigenvalue weighted by Crippen LogP contribution is 2.38. The lowest BCUT2D eigenvalue weighted by atomic mass is 10.0. The molecule has 0 radical (unpaired) electrons. The van der Waals surface area contributed by atoms with Gasteiger partial charge in [-0.1, -0.05) is 54.2 Å². The number of ether oxygens (including phenoxy) is 1. The summed E-state index contributed by atoms with van der Waals surface area (Å²) in [5, 5.41) is 11.8. The van der Waals surface area contributed by atoms with Crippen LogP contribution in [0.4, 0.5) is 4.39 Å². The minimum atomic E-state index is -0.493. The van der Waals surface area contributed by atoms with Crippen LogP contribution in [-0.4, -0.2) is 45.3 Å². The van der Waals surface area contributed by atoms with E-state index in [4.69, 9.17) is 4.74 Å². The van der Waals surface area contributed by atoms with Gasteiger partial charge in [-0.2, -0.15) is 0 Å². The molecule has 0 spiro atoms. The van der Waals surface area contributed by atoms with Gasteiger partial charge in [-0.3, -0.25) is 4.79 Å². The first-order valence-electron chi connectivity index (χ1n) is 10.3. The molecule has 0 aliphatic carbocycles. The van der Waals surface area contributed by atoms with E-state index < -0.39 is 5.25 Å². The predicted octanol–water partition coefficient (Wildman–Crippen LogP) is 3.14. The number of nitrogens with zero attached hydrogens (tertiary/aromatic N) is 3. The molecule has 9 heteroatoms. The summed E-state index contributed by atoms with van der Waals surface area (Å²) in [7, 11) is 0. The second-order valence-corrected chi connectivity index (χ2v) is 8.69. The lowest BCUT2D eigenvalue weighted by Crippen LogP contribution is -2.45. The molecule has 0 unspecified atom stereocenters. The average molecular weight is 440 g/mol. The maximum atomic E-state index is 13.5. The van der Waals surface area contributed by atoms with Crippen LogP contribution >= 0.6 is 11.8 Å². The van der Waals surface area contributed by atoms with Gasteiger partial charge in [-0.15, -0.1) is 10.2 Å². The molecule has 3 atom stereocenters. The van der Waals surface area contributed by atoms with Crippen molar-refractivity contribution in [1.82, 2.24) is 20.2 Å². The van der Waals surface area contributed by atoms with Crippen LogP contribution < -0.4 is 10.7 Å². The summed E-state index contributed by atoms with van der Waals surface area (Å²) in [6.45, 7) is 1.22. The summed E-state index contributed by atoms with van der Waals surface area (Å²) >= 11 is 1.35. The zero-order valence-electron chi connectivity index (χ0n) is 16.7. The van der Waals surface area contributed by atoms with E-state index in [9.17, 15) is 9.18 Å². The molecule has 1 aromatic heterocycles. The van der Waals surface area contributed by atoms with Crippen molar-refractivity contribution in [2.24, 2.45) is 0 Å². The second kappa shape index (κ2) is 8.68. The van der Waals surface area contributed by atoms with Crippen molar-refractivity contribution in [1.29, 1.82) is 0 Å². The maximum absolute atomic E-state index is 13.5. The summed E-state index contributed by atoms with van der Waals surface area (Å²) in [4.78, 5) is 13.1. The first-order valence-corrected chi connectivity index (χ1v) is 11.2. The number of benzene rings is 2. The van der Waals surface area contributed by atoms with Crippen molar-refractivity contribution < 1.29 is 13.9 Å². The zero-order valence-corrected chi connectivity index (χ0v) is 17.5. The van der Waals surface area contributed by atoms with Gasteiger partial charge in [0.05, 0.1) is 12.1 Å². The highest BCUT2D eigenvalue weighted by Gasteiger charge is 2.38. The number of aromatic nitrogens is 3. The van der Waals surface area contributed by atoms with E-state index in [0.29, 0.717) is 17.5 Å². The minimum Gasteiger partial charge on any atom is -0.376 e. The van der Waals surface area contributed by atoms with E-state index in [1.807, 2.05) is 30.3 Å². The smallest absolute Gasteiger partial charge is 0.236 e. The molecule has 1 fully saturated rings. The van der Waals surface area contributed by atoms with Crippen molar-refractivity contribution in [3.63, 3.8) is 0 Å². The quantitative estimate of drug-likeness (QED) is 0.636. The van der Waals surface area contributed by atoms with Gasteiger partial charge >= 0.3 is 0 Å². The predicted molar refractivity (Wildman–Crippen MR) is 116 cm³/mol. The minimum absolute atomic E-state index is 0.0584. The molecule has 3 aromatic rings. The van der Waals surface area contributed by atoms with Gasteiger partial charge in [-0.25, -0.2) is 9.07 Å². The number of carbonyl (C=O) groups is 1. The first-order chi connectivity index (χ1) is 15.2. The van der Waals surface area contributed by atoms with Gasteiger partial charge in [0.2, 0.25) is 11.1 Å². The van der Waals surface area contributed by atoms with Crippen LogP contribution in [0.2, 0.25) is 0 Å². The molecule has 2 aliphatic rings. The summed E-state index contributed by atoms with van der Waals surface area (Å²) in [5.41, 5.74) is 5.12. The fourth-order valence-electron chi connectivity index (χ4n) is 3.87. The molecule has 2 aliphatic heterocycles. The lowest BCUT2D eigenvalue weighted by Gasteiger charge is -2.33. The molecule has 7 nitrogen and oxygen atoms in total. The third kappa shape index (κ3) is 4.15. The number of halogens is 1. The Hall–Kier alpha value is -2.91. The van der Waals surface area contributed by atoms with Gasteiger partial charge in [-0.05, 0) is 30.5 Å². The normalized spacial score (nSPS) is 22.5. The van der Waals surface area contributed by atoms with E-state index in [2.05, 4.69) is 20.9 Å². The standard InChI is InChI=1S/C22H22FN5O2S/c23-16-10-8-14(9-11-16)18-19(21(29)24-13-17-7-4-12-30-17)31-22-26-25-20(28(22)27-18)15-5-2-1-3-6-15/h1-3,5-6,8-11,17-19,27H,4,7,12-13H2,(H,24,29)/t17-,18+,19+/m0/s1. The number of hydrogen-bond acceptors (Lipinski definition) is 6. The first kappa shape index (κ1) is 20.0. The van der Waals surface area contributed by atoms with Crippen LogP contribution in [0, 0.1) is 5.82 Å². The zero-order chi connectivity index (χ0) is 21.2. The van der Waals surface area contributed by atoms with Crippen molar-refractivity contribution in [3.8, 4) is 11.4 Å². The molecule has 0 bridgehead atoms. The molecular formula is C22H22FN5O2S. The Kier molecular flexibility index (Phi) is 5.61. The highest BCUT2D eigenvalue weighted by atomic mass is 32.2. The molecule has 31 heavy (non-hydrogen) atoms. The molecule has 1 saturated heterocycles. The third-order valence-corrected chi connectivity index (χ3v) is 6.70. The Bertz CT molecular complexity index is 1050. The van der Waals surface area contributed by atoms with Gasteiger partial charge < -0.3 is 15.5 Å². The number of nitrogens with one attached hydrogen (secondary N) is 2. The topological polar surface area (TPSA) is 81.1 Å². The van der Waals surface area contributed by atoms with E-state index >= 15 is 0 Å². The Labute approximate surface area is 183 Å². The number of fused-ring (bicyclic) bond motifs is 1. The van der Waals surface area contributed by atoms with Crippen molar-refractivity contribution >= 4 is 17.7 Å². The van der Waals surface area contributed by atoms with Crippen molar-refractivity contribution in [3.05, 3.63) is 66.0 Å². The largest absolute Gasteiger partial charge is 0.376 e. The number of amides is 1. The molecule has 5 rings (SSSR count). The van der Waals surface area contributed by atoms with E-state index in [1.165, 1.54) is 23.9 Å². The fraction of sp³-hybridized carbons (Fsp3) is 0.318. The molecular weight excluding hydrogens is 417 g/mol. The summed E-state index contributed by atoms with van der Waals surface area (Å²) in [5.74, 6) is 0.229. The third-order valence-electron chi connectivity index (χ3n) is 5.48. The van der Waals surface area contributed by atoms with Gasteiger partial charge in [0.15, 0.2) is 5.82 Å². The number of carbonyl (C=O) groups excluding carboxylic acids is 1. The van der Waals surface area contributed by atoms with Gasteiger partial charge in [0.25, 0.3) is 0 Å². The maximum Gasteiger partial charge on any atom is 0.236 e. The number of hydrogen-bond donors (Lipinski definition) is 2. The van der Waals surface area contributed by atoms with Crippen LogP contribution in [-0.2, 0) is 9.53 Å². The second-order valence-electron chi connectivity index (χ2n) is 7.58. The van der Waals surface area contributed by atoms with E-state index in [0.717, 1.165) is 30.6 Å². The number of thioether (sulfide) groups is 1. The van der Waals surface area contributed by atoms with Crippen LogP contribution in [0.25, 0.3) is 11.4 Å². The van der Waals surface area contributed by atoms with Crippen LogP contribution in [0.5, 0.6) is 0 Å². The molecule has 1 amide bonds. The Morgan fingerprint density at radius 3 is 2.74 bits per heavy atom. The summed E-state index contributed by atoms with van der Waals surface area (Å²) in [6, 6.07) is 15.5. The van der Waals surface area contributed by atoms with Crippen LogP contribution in [0.15, 0.2) is 59.8 Å². The lowest BCUT2D eigenvalue weighted by molar-refractivity contribution is -0.121. The molecule has 2 N–H and O–H groups in total. The summed E-state index contributed by atoms with van der Waals surface area (Å²) in [6.07, 6.45) is 2.03. The highest BCUT2D eigenvalue weighted by molar-refractivity contribution is 8.00. The monoisotopic (exact) mass is 439 g/mol.